The van der Waals surface area contributed by atoms with Crippen LogP contribution in [0.4, 0.5) is 4.79 Å². The number of aromatic nitrogens is 1. The first-order chi connectivity index (χ1) is 16.1. The summed E-state index contributed by atoms with van der Waals surface area (Å²) in [5, 5.41) is 7.22. The van der Waals surface area contributed by atoms with Crippen LogP contribution >= 0.6 is 0 Å². The quantitative estimate of drug-likeness (QED) is 0.564. The normalized spacial score (nSPS) is 13.4. The van der Waals surface area contributed by atoms with Gasteiger partial charge in [-0.25, -0.2) is 9.36 Å². The van der Waals surface area contributed by atoms with Crippen LogP contribution in [0, 0.1) is 0 Å². The molecule has 0 atom stereocenters. The number of nitrogens with zero attached hydrogens (tertiary/aromatic N) is 2. The summed E-state index contributed by atoms with van der Waals surface area (Å²) in [5.41, 5.74) is 5.32. The van der Waals surface area contributed by atoms with Crippen LogP contribution in [0.2, 0.25) is 0 Å². The van der Waals surface area contributed by atoms with E-state index >= 15 is 0 Å². The molecule has 2 aromatic carbocycles. The molecular weight excluding hydrogens is 428 g/mol. The van der Waals surface area contributed by atoms with Crippen molar-refractivity contribution >= 4 is 22.9 Å². The van der Waals surface area contributed by atoms with Gasteiger partial charge in [0.15, 0.2) is 0 Å². The Morgan fingerprint density at radius 2 is 1.91 bits per heavy atom. The third-order valence-electron chi connectivity index (χ3n) is 5.74. The SMILES string of the molecule is CCNCc1ccc2c(c1)cc(-c1cc(CN(C)C)cc3c1C(=O)NC3)n2C(=O)OC(C)(C)C. The number of amides is 1. The van der Waals surface area contributed by atoms with Crippen molar-refractivity contribution in [3.63, 3.8) is 0 Å². The number of benzene rings is 2. The Balaban J connectivity index is 1.95. The van der Waals surface area contributed by atoms with Gasteiger partial charge >= 0.3 is 6.09 Å². The second-order valence-electron chi connectivity index (χ2n) is 10.1. The number of hydrogen-bond acceptors (Lipinski definition) is 5. The molecule has 0 radical (unpaired) electrons. The van der Waals surface area contributed by atoms with Gasteiger partial charge in [-0.05, 0) is 82.4 Å². The minimum absolute atomic E-state index is 0.116. The lowest BCUT2D eigenvalue weighted by molar-refractivity contribution is 0.0547. The molecule has 2 heterocycles. The molecule has 4 rings (SSSR count). The van der Waals surface area contributed by atoms with Gasteiger partial charge in [0, 0.05) is 30.6 Å². The van der Waals surface area contributed by atoms with Crippen molar-refractivity contribution < 1.29 is 14.3 Å². The predicted octanol–water partition coefficient (Wildman–Crippen LogP) is 4.51. The van der Waals surface area contributed by atoms with E-state index in [0.717, 1.165) is 52.8 Å². The number of nitrogens with one attached hydrogen (secondary N) is 2. The third kappa shape index (κ3) is 4.86. The van der Waals surface area contributed by atoms with Crippen molar-refractivity contribution in [3.05, 3.63) is 58.7 Å². The zero-order valence-electron chi connectivity index (χ0n) is 20.9. The smallest absolute Gasteiger partial charge is 0.419 e. The van der Waals surface area contributed by atoms with Gasteiger partial charge in [-0.2, -0.15) is 0 Å². The van der Waals surface area contributed by atoms with Crippen molar-refractivity contribution in [1.82, 2.24) is 20.1 Å². The van der Waals surface area contributed by atoms with E-state index in [9.17, 15) is 9.59 Å². The number of fused-ring (bicyclic) bond motifs is 2. The monoisotopic (exact) mass is 462 g/mol. The van der Waals surface area contributed by atoms with E-state index in [1.165, 1.54) is 0 Å². The van der Waals surface area contributed by atoms with Crippen LogP contribution in [-0.4, -0.2) is 47.7 Å². The molecule has 7 heteroatoms. The van der Waals surface area contributed by atoms with E-state index in [0.29, 0.717) is 17.8 Å². The van der Waals surface area contributed by atoms with Crippen LogP contribution < -0.4 is 10.6 Å². The first-order valence-electron chi connectivity index (χ1n) is 11.7. The van der Waals surface area contributed by atoms with Crippen molar-refractivity contribution in [2.75, 3.05) is 20.6 Å². The molecule has 34 heavy (non-hydrogen) atoms. The minimum Gasteiger partial charge on any atom is -0.443 e. The molecule has 0 saturated carbocycles. The fourth-order valence-corrected chi connectivity index (χ4v) is 4.44. The Kier molecular flexibility index (Phi) is 6.51. The molecule has 1 aliphatic rings. The second kappa shape index (κ2) is 9.24. The molecule has 1 amide bonds. The van der Waals surface area contributed by atoms with Crippen LogP contribution in [0.5, 0.6) is 0 Å². The lowest BCUT2D eigenvalue weighted by Gasteiger charge is -2.21. The standard InChI is InChI=1S/C27H34N4O3/c1-7-28-14-17-8-9-22-19(10-17)13-23(31(22)26(33)34-27(2,3)4)21-12-18(16-30(5)6)11-20-15-29-25(32)24(20)21/h8-13,28H,7,14-16H2,1-6H3,(H,29,32). The molecule has 1 aromatic heterocycles. The van der Waals surface area contributed by atoms with Crippen molar-refractivity contribution in [3.8, 4) is 11.3 Å². The number of ether oxygens (including phenoxy) is 1. The lowest BCUT2D eigenvalue weighted by Crippen LogP contribution is -2.27. The summed E-state index contributed by atoms with van der Waals surface area (Å²) in [4.78, 5) is 28.4. The summed E-state index contributed by atoms with van der Waals surface area (Å²) >= 11 is 0. The van der Waals surface area contributed by atoms with Gasteiger partial charge in [0.25, 0.3) is 5.91 Å². The first-order valence-corrected chi connectivity index (χ1v) is 11.7. The largest absolute Gasteiger partial charge is 0.443 e. The van der Waals surface area contributed by atoms with Crippen LogP contribution in [0.1, 0.15) is 54.7 Å². The van der Waals surface area contributed by atoms with E-state index in [-0.39, 0.29) is 5.91 Å². The Morgan fingerprint density at radius 1 is 1.15 bits per heavy atom. The Bertz CT molecular complexity index is 1250. The van der Waals surface area contributed by atoms with Crippen LogP contribution in [-0.2, 0) is 24.4 Å². The summed E-state index contributed by atoms with van der Waals surface area (Å²) in [5.74, 6) is -0.116. The van der Waals surface area contributed by atoms with Gasteiger partial charge in [0.2, 0.25) is 0 Å². The van der Waals surface area contributed by atoms with Gasteiger partial charge in [-0.1, -0.05) is 19.1 Å². The maximum Gasteiger partial charge on any atom is 0.419 e. The molecule has 0 aliphatic carbocycles. The molecular formula is C27H34N4O3. The second-order valence-corrected chi connectivity index (χ2v) is 10.1. The summed E-state index contributed by atoms with van der Waals surface area (Å²) < 4.78 is 7.40. The Labute approximate surface area is 201 Å². The lowest BCUT2D eigenvalue weighted by atomic mass is 9.96. The fourth-order valence-electron chi connectivity index (χ4n) is 4.44. The summed E-state index contributed by atoms with van der Waals surface area (Å²) in [6, 6.07) is 12.2. The van der Waals surface area contributed by atoms with Crippen LogP contribution in [0.3, 0.4) is 0 Å². The highest BCUT2D eigenvalue weighted by atomic mass is 16.6. The van der Waals surface area contributed by atoms with E-state index < -0.39 is 11.7 Å². The van der Waals surface area contributed by atoms with E-state index in [1.807, 2.05) is 59.1 Å². The molecule has 0 fully saturated rings. The van der Waals surface area contributed by atoms with Gasteiger partial charge in [-0.3, -0.25) is 4.79 Å². The van der Waals surface area contributed by atoms with Gasteiger partial charge in [-0.15, -0.1) is 0 Å². The highest BCUT2D eigenvalue weighted by Gasteiger charge is 2.29. The van der Waals surface area contributed by atoms with Crippen LogP contribution in [0.25, 0.3) is 22.2 Å². The van der Waals surface area contributed by atoms with Crippen molar-refractivity contribution in [2.45, 2.75) is 52.9 Å². The third-order valence-corrected chi connectivity index (χ3v) is 5.74. The molecule has 0 unspecified atom stereocenters. The van der Waals surface area contributed by atoms with Gasteiger partial charge < -0.3 is 20.3 Å². The molecule has 2 N–H and O–H groups in total. The maximum atomic E-state index is 13.5. The summed E-state index contributed by atoms with van der Waals surface area (Å²) in [7, 11) is 4.03. The highest BCUT2D eigenvalue weighted by Crippen LogP contribution is 2.36. The number of carbonyl (C=O) groups excluding carboxylic acids is 2. The zero-order chi connectivity index (χ0) is 24.6. The minimum atomic E-state index is -0.651. The Morgan fingerprint density at radius 3 is 2.59 bits per heavy atom. The van der Waals surface area contributed by atoms with Gasteiger partial charge in [0.05, 0.1) is 16.8 Å². The molecule has 0 bridgehead atoms. The average Bonchev–Trinajstić information content (AvgIpc) is 3.30. The van der Waals surface area contributed by atoms with Crippen molar-refractivity contribution in [2.24, 2.45) is 0 Å². The van der Waals surface area contributed by atoms with E-state index in [2.05, 4.69) is 34.6 Å². The molecule has 7 nitrogen and oxygen atoms in total. The zero-order valence-corrected chi connectivity index (χ0v) is 20.9. The first kappa shape index (κ1) is 24.0. The number of rotatable bonds is 6. The van der Waals surface area contributed by atoms with E-state index in [4.69, 9.17) is 4.74 Å². The molecule has 0 spiro atoms. The van der Waals surface area contributed by atoms with Crippen molar-refractivity contribution in [1.29, 1.82) is 0 Å². The van der Waals surface area contributed by atoms with E-state index in [1.54, 1.807) is 4.57 Å². The number of hydrogen-bond donors (Lipinski definition) is 2. The molecule has 180 valence electrons. The average molecular weight is 463 g/mol. The number of carbonyl (C=O) groups is 2. The summed E-state index contributed by atoms with van der Waals surface area (Å²) in [6.45, 7) is 10.5. The summed E-state index contributed by atoms with van der Waals surface area (Å²) in [6.07, 6.45) is -0.456. The fraction of sp³-hybridized carbons (Fsp3) is 0.407. The maximum absolute atomic E-state index is 13.5. The molecule has 3 aromatic rings. The topological polar surface area (TPSA) is 75.6 Å². The molecule has 1 aliphatic heterocycles. The Hall–Kier alpha value is -3.16. The predicted molar refractivity (Wildman–Crippen MR) is 135 cm³/mol. The highest BCUT2D eigenvalue weighted by molar-refractivity contribution is 6.07. The molecule has 0 saturated heterocycles. The van der Waals surface area contributed by atoms with Crippen LogP contribution in [0.15, 0.2) is 36.4 Å². The van der Waals surface area contributed by atoms with Gasteiger partial charge in [0.1, 0.15) is 5.60 Å².